The average Bonchev–Trinajstić information content (AvgIpc) is 3.37. The lowest BCUT2D eigenvalue weighted by Crippen LogP contribution is -2.30. The van der Waals surface area contributed by atoms with Crippen LogP contribution in [0.3, 0.4) is 0 Å². The summed E-state index contributed by atoms with van der Waals surface area (Å²) in [7, 11) is 0. The van der Waals surface area contributed by atoms with E-state index >= 15 is 0 Å². The largest absolute Gasteiger partial charge is 0.462 e. The SMILES string of the molecule is CC/C=C\C/C=C\C/C=C\C/C=C\C/C=C\C/C=C\CCCCC(=O)OC(COC(=O)CCCCCCC)COC(=O)CCCCCCCCCCCCCCCCCCCCCCCCCCCCC. The minimum Gasteiger partial charge on any atom is -0.462 e. The van der Waals surface area contributed by atoms with Crippen LogP contribution in [0.2, 0.25) is 0 Å². The monoisotopic (exact) mass is 991 g/mol. The minimum atomic E-state index is -0.794. The summed E-state index contributed by atoms with van der Waals surface area (Å²) in [6.07, 6.45) is 76.8. The first-order valence-electron chi connectivity index (χ1n) is 30.4. The number of unbranched alkanes of at least 4 members (excludes halogenated alkanes) is 32. The fourth-order valence-electron chi connectivity index (χ4n) is 8.68. The Bertz CT molecular complexity index is 1320. The van der Waals surface area contributed by atoms with Gasteiger partial charge in [-0.05, 0) is 70.6 Å². The van der Waals surface area contributed by atoms with Gasteiger partial charge in [-0.3, -0.25) is 14.4 Å². The molecule has 0 aromatic carbocycles. The van der Waals surface area contributed by atoms with E-state index in [2.05, 4.69) is 93.7 Å². The van der Waals surface area contributed by atoms with Crippen molar-refractivity contribution in [3.05, 3.63) is 72.9 Å². The van der Waals surface area contributed by atoms with Crippen LogP contribution in [0.1, 0.15) is 303 Å². The van der Waals surface area contributed by atoms with Crippen LogP contribution in [0, 0.1) is 0 Å². The zero-order chi connectivity index (χ0) is 51.4. The Morgan fingerprint density at radius 3 is 0.859 bits per heavy atom. The van der Waals surface area contributed by atoms with Crippen molar-refractivity contribution in [1.29, 1.82) is 0 Å². The highest BCUT2D eigenvalue weighted by atomic mass is 16.6. The maximum absolute atomic E-state index is 12.8. The van der Waals surface area contributed by atoms with Gasteiger partial charge < -0.3 is 14.2 Å². The molecule has 0 aliphatic heterocycles. The first kappa shape index (κ1) is 67.8. The second-order valence-electron chi connectivity index (χ2n) is 20.2. The maximum atomic E-state index is 12.8. The molecule has 71 heavy (non-hydrogen) atoms. The van der Waals surface area contributed by atoms with Crippen molar-refractivity contribution in [2.45, 2.75) is 309 Å². The van der Waals surface area contributed by atoms with E-state index in [-0.39, 0.29) is 37.5 Å². The van der Waals surface area contributed by atoms with E-state index in [1.807, 2.05) is 0 Å². The molecular formula is C65H114O6. The fourth-order valence-corrected chi connectivity index (χ4v) is 8.68. The summed E-state index contributed by atoms with van der Waals surface area (Å²) in [5, 5.41) is 0. The van der Waals surface area contributed by atoms with E-state index in [9.17, 15) is 14.4 Å². The Morgan fingerprint density at radius 2 is 0.549 bits per heavy atom. The van der Waals surface area contributed by atoms with Crippen molar-refractivity contribution in [2.24, 2.45) is 0 Å². The summed E-state index contributed by atoms with van der Waals surface area (Å²) >= 11 is 0. The van der Waals surface area contributed by atoms with Crippen molar-refractivity contribution < 1.29 is 28.6 Å². The zero-order valence-electron chi connectivity index (χ0n) is 47.0. The molecule has 0 bridgehead atoms. The molecule has 0 aromatic heterocycles. The van der Waals surface area contributed by atoms with E-state index in [4.69, 9.17) is 14.2 Å². The van der Waals surface area contributed by atoms with Crippen LogP contribution in [0.4, 0.5) is 0 Å². The Balaban J connectivity index is 4.08. The number of carbonyl (C=O) groups is 3. The molecule has 0 heterocycles. The molecule has 1 unspecified atom stereocenters. The van der Waals surface area contributed by atoms with Gasteiger partial charge in [0.2, 0.25) is 0 Å². The number of hydrogen-bond acceptors (Lipinski definition) is 6. The molecule has 6 heteroatoms. The molecule has 0 saturated heterocycles. The molecule has 410 valence electrons. The standard InChI is InChI=1S/C65H114O6/c1-4-7-10-13-15-17-19-21-23-25-27-29-30-31-32-33-34-36-37-39-41-43-45-47-49-52-55-58-64(67)70-61-62(60-69-63(66)57-54-51-12-9-6-3)71-65(68)59-56-53-50-48-46-44-42-40-38-35-28-26-24-22-20-18-16-14-11-8-5-2/h8,11,16,18,22,24,28,35,40,42,46,48,62H,4-7,9-10,12-15,17,19-21,23,25-27,29-34,36-39,41,43-45,47,49-61H2,1-3H3/b11-8-,18-16-,24-22-,35-28-,42-40-,48-46-. The van der Waals surface area contributed by atoms with Crippen molar-refractivity contribution in [3.63, 3.8) is 0 Å². The molecular weight excluding hydrogens is 877 g/mol. The molecule has 0 fully saturated rings. The molecule has 0 amide bonds. The van der Waals surface area contributed by atoms with Crippen LogP contribution in [-0.2, 0) is 28.6 Å². The van der Waals surface area contributed by atoms with Gasteiger partial charge >= 0.3 is 17.9 Å². The second kappa shape index (κ2) is 59.4. The summed E-state index contributed by atoms with van der Waals surface area (Å²) in [4.78, 5) is 37.8. The topological polar surface area (TPSA) is 78.9 Å². The third-order valence-corrected chi connectivity index (χ3v) is 13.2. The van der Waals surface area contributed by atoms with Crippen molar-refractivity contribution in [2.75, 3.05) is 13.2 Å². The Hall–Kier alpha value is -3.15. The smallest absolute Gasteiger partial charge is 0.306 e. The molecule has 0 saturated carbocycles. The number of ether oxygens (including phenoxy) is 3. The van der Waals surface area contributed by atoms with Gasteiger partial charge in [-0.15, -0.1) is 0 Å². The lowest BCUT2D eigenvalue weighted by Gasteiger charge is -2.18. The summed E-state index contributed by atoms with van der Waals surface area (Å²) in [5.74, 6) is -0.940. The van der Waals surface area contributed by atoms with Crippen LogP contribution >= 0.6 is 0 Å². The van der Waals surface area contributed by atoms with Gasteiger partial charge in [0.15, 0.2) is 6.10 Å². The van der Waals surface area contributed by atoms with Crippen LogP contribution in [0.25, 0.3) is 0 Å². The summed E-state index contributed by atoms with van der Waals surface area (Å²) < 4.78 is 16.7. The number of rotatable bonds is 55. The van der Waals surface area contributed by atoms with E-state index in [0.29, 0.717) is 19.3 Å². The molecule has 0 aliphatic carbocycles. The molecule has 0 N–H and O–H groups in total. The van der Waals surface area contributed by atoms with Crippen molar-refractivity contribution in [3.8, 4) is 0 Å². The summed E-state index contributed by atoms with van der Waals surface area (Å²) in [5.41, 5.74) is 0. The molecule has 6 nitrogen and oxygen atoms in total. The lowest BCUT2D eigenvalue weighted by molar-refractivity contribution is -0.167. The number of hydrogen-bond donors (Lipinski definition) is 0. The van der Waals surface area contributed by atoms with E-state index in [1.54, 1.807) is 0 Å². The fraction of sp³-hybridized carbons (Fsp3) is 0.769. The molecule has 0 rings (SSSR count). The zero-order valence-corrected chi connectivity index (χ0v) is 47.0. The number of allylic oxidation sites excluding steroid dienone is 12. The van der Waals surface area contributed by atoms with E-state index < -0.39 is 6.10 Å². The maximum Gasteiger partial charge on any atom is 0.306 e. The first-order valence-corrected chi connectivity index (χ1v) is 30.4. The van der Waals surface area contributed by atoms with Gasteiger partial charge in [-0.2, -0.15) is 0 Å². The Kier molecular flexibility index (Phi) is 56.8. The third kappa shape index (κ3) is 57.6. The van der Waals surface area contributed by atoms with Crippen LogP contribution in [-0.4, -0.2) is 37.2 Å². The predicted octanol–water partition coefficient (Wildman–Crippen LogP) is 20.5. The van der Waals surface area contributed by atoms with Crippen molar-refractivity contribution in [1.82, 2.24) is 0 Å². The van der Waals surface area contributed by atoms with Crippen molar-refractivity contribution >= 4 is 17.9 Å². The second-order valence-corrected chi connectivity index (χ2v) is 20.2. The molecule has 0 radical (unpaired) electrons. The molecule has 1 atom stereocenters. The molecule has 0 aliphatic rings. The minimum absolute atomic E-state index is 0.0909. The van der Waals surface area contributed by atoms with Crippen LogP contribution in [0.5, 0.6) is 0 Å². The molecule has 0 aromatic rings. The van der Waals surface area contributed by atoms with Gasteiger partial charge in [0.1, 0.15) is 13.2 Å². The average molecular weight is 992 g/mol. The van der Waals surface area contributed by atoms with Gasteiger partial charge in [0, 0.05) is 19.3 Å². The quantitative estimate of drug-likeness (QED) is 0.0261. The highest BCUT2D eigenvalue weighted by Gasteiger charge is 2.19. The highest BCUT2D eigenvalue weighted by Crippen LogP contribution is 2.17. The Labute approximate surface area is 440 Å². The number of esters is 3. The normalized spacial score (nSPS) is 12.5. The number of carbonyl (C=O) groups excluding carboxylic acids is 3. The van der Waals surface area contributed by atoms with Crippen LogP contribution in [0.15, 0.2) is 72.9 Å². The summed E-state index contributed by atoms with van der Waals surface area (Å²) in [6.45, 7) is 6.43. The summed E-state index contributed by atoms with van der Waals surface area (Å²) in [6, 6.07) is 0. The Morgan fingerprint density at radius 1 is 0.296 bits per heavy atom. The van der Waals surface area contributed by atoms with Gasteiger partial charge in [0.05, 0.1) is 0 Å². The van der Waals surface area contributed by atoms with Gasteiger partial charge in [0.25, 0.3) is 0 Å². The lowest BCUT2D eigenvalue weighted by atomic mass is 10.0. The van der Waals surface area contributed by atoms with E-state index in [0.717, 1.165) is 96.3 Å². The first-order chi connectivity index (χ1) is 35.0. The van der Waals surface area contributed by atoms with Crippen LogP contribution < -0.4 is 0 Å². The van der Waals surface area contributed by atoms with E-state index in [1.165, 1.54) is 161 Å². The third-order valence-electron chi connectivity index (χ3n) is 13.2. The van der Waals surface area contributed by atoms with Gasteiger partial charge in [-0.25, -0.2) is 0 Å². The molecule has 0 spiro atoms. The van der Waals surface area contributed by atoms with Gasteiger partial charge in [-0.1, -0.05) is 286 Å². The highest BCUT2D eigenvalue weighted by molar-refractivity contribution is 5.71. The predicted molar refractivity (Wildman–Crippen MR) is 307 cm³/mol.